The Kier molecular flexibility index (Phi) is 8.69. The molecule has 6 atom stereocenters. The maximum absolute atomic E-state index is 15.8. The second-order valence-electron chi connectivity index (χ2n) is 9.96. The number of aliphatic hydroxyl groups is 1. The maximum atomic E-state index is 15.8. The number of alkyl halides is 2. The van der Waals surface area contributed by atoms with E-state index in [4.69, 9.17) is 18.7 Å². The molecule has 1 aliphatic heterocycles. The standard InChI is InChI=1S/C26H30F2N3O9P/c1-14(2)38-21(33)15(3)30-41(36)40-19-10-6-7-16-17(19)8-5-9-18(16)37-13-26(28)22(34)25(4,27)23(39-26)31-12-11-20(32)29-24(31)35/h5-12,14-15,22-23,34,41H,13H2,1-4H3,(H,30,36)(H,29,32,35)/t15-,22-,23+,25+,26+/m0/s1. The van der Waals surface area contributed by atoms with Crippen molar-refractivity contribution in [3.8, 4) is 11.5 Å². The van der Waals surface area contributed by atoms with Gasteiger partial charge < -0.3 is 23.8 Å². The molecule has 222 valence electrons. The first-order valence-corrected chi connectivity index (χ1v) is 13.9. The number of hydrogen-bond donors (Lipinski definition) is 3. The van der Waals surface area contributed by atoms with Gasteiger partial charge in [-0.25, -0.2) is 18.7 Å². The lowest BCUT2D eigenvalue weighted by Gasteiger charge is -2.25. The van der Waals surface area contributed by atoms with E-state index < -0.39 is 61.9 Å². The third-order valence-corrected chi connectivity index (χ3v) is 7.42. The highest BCUT2D eigenvalue weighted by Crippen LogP contribution is 2.47. The Labute approximate surface area is 233 Å². The topological polar surface area (TPSA) is 158 Å². The van der Waals surface area contributed by atoms with Crippen molar-refractivity contribution in [2.75, 3.05) is 6.61 Å². The molecule has 0 radical (unpaired) electrons. The smallest absolute Gasteiger partial charge is 0.330 e. The van der Waals surface area contributed by atoms with Crippen LogP contribution in [0.5, 0.6) is 11.5 Å². The Balaban J connectivity index is 1.52. The predicted octanol–water partition coefficient (Wildman–Crippen LogP) is 2.75. The number of nitrogens with one attached hydrogen (secondary N) is 2. The minimum absolute atomic E-state index is 0.104. The molecule has 41 heavy (non-hydrogen) atoms. The molecule has 2 heterocycles. The average Bonchev–Trinajstić information content (AvgIpc) is 3.07. The Hall–Kier alpha value is -3.58. The van der Waals surface area contributed by atoms with Crippen molar-refractivity contribution in [1.82, 2.24) is 14.6 Å². The number of nitrogens with zero attached hydrogens (tertiary/aromatic N) is 1. The van der Waals surface area contributed by atoms with Gasteiger partial charge in [-0.15, -0.1) is 0 Å². The van der Waals surface area contributed by atoms with Crippen LogP contribution in [0.4, 0.5) is 8.78 Å². The summed E-state index contributed by atoms with van der Waals surface area (Å²) in [4.78, 5) is 37.5. The molecule has 4 rings (SSSR count). The van der Waals surface area contributed by atoms with E-state index in [9.17, 15) is 24.1 Å². The number of hydrogen-bond acceptors (Lipinski definition) is 9. The van der Waals surface area contributed by atoms with Crippen LogP contribution in [0.25, 0.3) is 10.8 Å². The zero-order chi connectivity index (χ0) is 30.1. The second kappa shape index (κ2) is 11.7. The molecule has 0 amide bonds. The lowest BCUT2D eigenvalue weighted by atomic mass is 9.97. The first-order valence-electron chi connectivity index (χ1n) is 12.6. The van der Waals surface area contributed by atoms with E-state index in [-0.39, 0.29) is 17.6 Å². The summed E-state index contributed by atoms with van der Waals surface area (Å²) < 4.78 is 66.0. The molecular formula is C26H30F2N3O9P. The van der Waals surface area contributed by atoms with Crippen molar-refractivity contribution in [2.45, 2.75) is 63.7 Å². The third kappa shape index (κ3) is 6.35. The molecule has 12 nitrogen and oxygen atoms in total. The zero-order valence-corrected chi connectivity index (χ0v) is 23.6. The van der Waals surface area contributed by atoms with E-state index in [0.29, 0.717) is 15.3 Å². The van der Waals surface area contributed by atoms with Crippen LogP contribution < -0.4 is 25.6 Å². The van der Waals surface area contributed by atoms with E-state index in [0.717, 1.165) is 19.2 Å². The van der Waals surface area contributed by atoms with Crippen molar-refractivity contribution < 1.29 is 42.0 Å². The lowest BCUT2D eigenvalue weighted by Crippen LogP contribution is -2.48. The summed E-state index contributed by atoms with van der Waals surface area (Å²) in [5.41, 5.74) is -4.58. The van der Waals surface area contributed by atoms with Crippen LogP contribution in [0.15, 0.2) is 58.3 Å². The molecule has 0 bridgehead atoms. The maximum Gasteiger partial charge on any atom is 0.330 e. The van der Waals surface area contributed by atoms with Gasteiger partial charge in [0.2, 0.25) is 0 Å². The van der Waals surface area contributed by atoms with E-state index in [1.54, 1.807) is 38.1 Å². The molecule has 1 fully saturated rings. The number of esters is 1. The summed E-state index contributed by atoms with van der Waals surface area (Å²) in [6, 6.07) is 9.43. The van der Waals surface area contributed by atoms with Crippen LogP contribution in [0.1, 0.15) is 33.9 Å². The minimum atomic E-state index is -3.09. The Morgan fingerprint density at radius 1 is 1.15 bits per heavy atom. The van der Waals surface area contributed by atoms with Crippen molar-refractivity contribution in [2.24, 2.45) is 0 Å². The predicted molar refractivity (Wildman–Crippen MR) is 144 cm³/mol. The van der Waals surface area contributed by atoms with Gasteiger partial charge in [-0.3, -0.25) is 23.7 Å². The fourth-order valence-corrected chi connectivity index (χ4v) is 5.23. The number of carbonyl (C=O) groups is 1. The van der Waals surface area contributed by atoms with Gasteiger partial charge in [0, 0.05) is 23.0 Å². The molecule has 3 N–H and O–H groups in total. The summed E-state index contributed by atoms with van der Waals surface area (Å²) in [6.07, 6.45) is -3.69. The number of fused-ring (bicyclic) bond motifs is 1. The van der Waals surface area contributed by atoms with Crippen LogP contribution >= 0.6 is 8.18 Å². The van der Waals surface area contributed by atoms with Gasteiger partial charge in [0.25, 0.3) is 11.4 Å². The van der Waals surface area contributed by atoms with E-state index in [1.165, 1.54) is 19.1 Å². The molecule has 1 unspecified atom stereocenters. The van der Waals surface area contributed by atoms with Gasteiger partial charge in [0.1, 0.15) is 24.1 Å². The summed E-state index contributed by atoms with van der Waals surface area (Å²) in [5, 5.41) is 13.9. The van der Waals surface area contributed by atoms with Crippen LogP contribution in [0.3, 0.4) is 0 Å². The number of H-pyrrole nitrogens is 1. The zero-order valence-electron chi connectivity index (χ0n) is 22.6. The van der Waals surface area contributed by atoms with Crippen molar-refractivity contribution in [3.05, 3.63) is 69.5 Å². The van der Waals surface area contributed by atoms with E-state index in [1.807, 2.05) is 4.98 Å². The van der Waals surface area contributed by atoms with Crippen LogP contribution in [0, 0.1) is 0 Å². The van der Waals surface area contributed by atoms with Crippen molar-refractivity contribution in [3.63, 3.8) is 0 Å². The molecule has 1 aromatic heterocycles. The van der Waals surface area contributed by atoms with Crippen LogP contribution in [-0.2, 0) is 18.8 Å². The number of carbonyl (C=O) groups excluding carboxylic acids is 1. The highest BCUT2D eigenvalue weighted by molar-refractivity contribution is 7.37. The van der Waals surface area contributed by atoms with Crippen molar-refractivity contribution >= 4 is 24.9 Å². The van der Waals surface area contributed by atoms with Crippen LogP contribution in [-0.4, -0.2) is 57.0 Å². The van der Waals surface area contributed by atoms with Crippen molar-refractivity contribution in [1.29, 1.82) is 0 Å². The Bertz CT molecular complexity index is 1580. The average molecular weight is 598 g/mol. The fraction of sp³-hybridized carbons (Fsp3) is 0.423. The minimum Gasteiger partial charge on any atom is -0.487 e. The molecule has 1 saturated heterocycles. The number of benzene rings is 2. The summed E-state index contributed by atoms with van der Waals surface area (Å²) in [7, 11) is -2.96. The van der Waals surface area contributed by atoms with Gasteiger partial charge in [-0.05, 0) is 39.8 Å². The van der Waals surface area contributed by atoms with Gasteiger partial charge in [-0.1, -0.05) is 24.3 Å². The number of aliphatic hydroxyl groups excluding tert-OH is 1. The summed E-state index contributed by atoms with van der Waals surface area (Å²) in [5.74, 6) is -3.40. The summed E-state index contributed by atoms with van der Waals surface area (Å²) >= 11 is 0. The molecular weight excluding hydrogens is 567 g/mol. The number of halogens is 2. The fourth-order valence-electron chi connectivity index (χ4n) is 4.32. The Morgan fingerprint density at radius 2 is 1.78 bits per heavy atom. The van der Waals surface area contributed by atoms with E-state index in [2.05, 4.69) is 5.09 Å². The molecule has 2 aromatic carbocycles. The normalized spacial score (nSPS) is 25.7. The molecule has 0 saturated carbocycles. The van der Waals surface area contributed by atoms with Gasteiger partial charge in [0.15, 0.2) is 18.0 Å². The first kappa shape index (κ1) is 30.4. The first-order chi connectivity index (χ1) is 19.2. The quantitative estimate of drug-likeness (QED) is 0.234. The second-order valence-corrected chi connectivity index (χ2v) is 11.0. The number of ether oxygens (including phenoxy) is 3. The molecule has 0 spiro atoms. The molecule has 3 aromatic rings. The highest BCUT2D eigenvalue weighted by Gasteiger charge is 2.65. The van der Waals surface area contributed by atoms with Gasteiger partial charge >= 0.3 is 19.8 Å². The molecule has 1 aliphatic rings. The monoisotopic (exact) mass is 597 g/mol. The third-order valence-electron chi connectivity index (χ3n) is 6.35. The molecule has 15 heteroatoms. The number of aromatic amines is 1. The highest BCUT2D eigenvalue weighted by atomic mass is 31.1. The number of aromatic nitrogens is 2. The molecule has 0 aliphatic carbocycles. The van der Waals surface area contributed by atoms with Gasteiger partial charge in [0.05, 0.1) is 6.10 Å². The van der Waals surface area contributed by atoms with E-state index >= 15 is 8.78 Å². The van der Waals surface area contributed by atoms with Gasteiger partial charge in [-0.2, -0.15) is 0 Å². The summed E-state index contributed by atoms with van der Waals surface area (Å²) in [6.45, 7) is 4.75. The largest absolute Gasteiger partial charge is 0.487 e. The number of rotatable bonds is 10. The van der Waals surface area contributed by atoms with Crippen LogP contribution in [0.2, 0.25) is 0 Å². The Morgan fingerprint density at radius 3 is 2.41 bits per heavy atom. The lowest BCUT2D eigenvalue weighted by molar-refractivity contribution is -0.202. The SMILES string of the molecule is CC(C)OC(=O)[C@H](C)N[PH](=O)Oc1cccc2c(OC[C@@]3(F)O[C@@H](n4ccc(=O)[nH]c4=O)[C@](C)(F)[C@@H]3O)cccc12.